The van der Waals surface area contributed by atoms with E-state index in [0.717, 1.165) is 5.92 Å². The second-order valence-corrected chi connectivity index (χ2v) is 10.2. The van der Waals surface area contributed by atoms with Crippen LogP contribution in [0.5, 0.6) is 0 Å². The Morgan fingerprint density at radius 1 is 0.875 bits per heavy atom. The molecule has 32 heavy (non-hydrogen) atoms. The Morgan fingerprint density at radius 3 is 2.53 bits per heavy atom. The fourth-order valence-electron chi connectivity index (χ4n) is 6.55. The molecule has 0 aliphatic heterocycles. The highest BCUT2D eigenvalue weighted by atomic mass is 15.0. The van der Waals surface area contributed by atoms with Crippen molar-refractivity contribution < 1.29 is 4.57 Å². The van der Waals surface area contributed by atoms with Crippen molar-refractivity contribution in [2.45, 2.75) is 46.0 Å². The van der Waals surface area contributed by atoms with Crippen molar-refractivity contribution in [3.05, 3.63) is 71.4 Å². The number of rotatable bonds is 2. The molecule has 0 saturated heterocycles. The van der Waals surface area contributed by atoms with Crippen molar-refractivity contribution in [1.82, 2.24) is 4.40 Å². The summed E-state index contributed by atoms with van der Waals surface area (Å²) in [4.78, 5) is 0. The fourth-order valence-corrected chi connectivity index (χ4v) is 6.55. The van der Waals surface area contributed by atoms with E-state index in [0.29, 0.717) is 0 Å². The Hall–Kier alpha value is -3.13. The topological polar surface area (TPSA) is 8.29 Å². The van der Waals surface area contributed by atoms with Crippen LogP contribution < -0.4 is 4.57 Å². The summed E-state index contributed by atoms with van der Waals surface area (Å²) in [5, 5.41) is 6.88. The first-order valence-corrected chi connectivity index (χ1v) is 12.1. The number of nitrogens with zero attached hydrogens (tertiary/aromatic N) is 2. The first kappa shape index (κ1) is 18.4. The Balaban J connectivity index is 1.74. The predicted molar refractivity (Wildman–Crippen MR) is 135 cm³/mol. The Labute approximate surface area is 188 Å². The third-order valence-electron chi connectivity index (χ3n) is 8.05. The van der Waals surface area contributed by atoms with Crippen LogP contribution in [0, 0.1) is 19.8 Å². The molecule has 6 aromatic rings. The maximum absolute atomic E-state index is 2.58. The normalized spacial score (nSPS) is 15.5. The molecule has 2 nitrogen and oxygen atoms in total. The average Bonchev–Trinajstić information content (AvgIpc) is 3.40. The smallest absolute Gasteiger partial charge is 0.224 e. The largest absolute Gasteiger partial charge is 0.307 e. The van der Waals surface area contributed by atoms with E-state index in [1.807, 2.05) is 0 Å². The number of aromatic nitrogens is 2. The van der Waals surface area contributed by atoms with Gasteiger partial charge in [-0.3, -0.25) is 0 Å². The van der Waals surface area contributed by atoms with Crippen LogP contribution in [0.25, 0.3) is 49.0 Å². The van der Waals surface area contributed by atoms with Gasteiger partial charge in [0, 0.05) is 16.8 Å². The van der Waals surface area contributed by atoms with E-state index >= 15 is 0 Å². The van der Waals surface area contributed by atoms with Crippen molar-refractivity contribution >= 4 is 49.0 Å². The summed E-state index contributed by atoms with van der Waals surface area (Å²) >= 11 is 0. The van der Waals surface area contributed by atoms with Gasteiger partial charge in [0.15, 0.2) is 6.20 Å². The van der Waals surface area contributed by atoms with Crippen molar-refractivity contribution in [2.24, 2.45) is 13.0 Å². The SMILES string of the molecule is Cc1ccc2c3ccc(C)c4c3n(c2c1)c1cc(CC2CCCC2)cc2cc[n+](C)c4c21. The maximum Gasteiger partial charge on any atom is 0.224 e. The van der Waals surface area contributed by atoms with Gasteiger partial charge in [0.1, 0.15) is 7.05 Å². The van der Waals surface area contributed by atoms with Crippen LogP contribution in [0.15, 0.2) is 54.7 Å². The molecule has 1 aliphatic carbocycles. The summed E-state index contributed by atoms with van der Waals surface area (Å²) in [6.07, 6.45) is 9.04. The molecule has 158 valence electrons. The Bertz CT molecular complexity index is 1680. The van der Waals surface area contributed by atoms with E-state index in [4.69, 9.17) is 0 Å². The van der Waals surface area contributed by atoms with Crippen LogP contribution in [-0.4, -0.2) is 4.40 Å². The molecular formula is C30H29N2+. The summed E-state index contributed by atoms with van der Waals surface area (Å²) in [5.74, 6) is 0.848. The summed E-state index contributed by atoms with van der Waals surface area (Å²) in [7, 11) is 2.20. The van der Waals surface area contributed by atoms with Gasteiger partial charge in [-0.15, -0.1) is 0 Å². The minimum Gasteiger partial charge on any atom is -0.307 e. The lowest BCUT2D eigenvalue weighted by molar-refractivity contribution is -0.643. The molecule has 3 heterocycles. The first-order valence-electron chi connectivity index (χ1n) is 12.1. The third kappa shape index (κ3) is 2.38. The van der Waals surface area contributed by atoms with Crippen LogP contribution in [-0.2, 0) is 13.5 Å². The molecular weight excluding hydrogens is 388 g/mol. The van der Waals surface area contributed by atoms with Crippen molar-refractivity contribution in [1.29, 1.82) is 0 Å². The second-order valence-electron chi connectivity index (χ2n) is 10.2. The minimum atomic E-state index is 0.848. The van der Waals surface area contributed by atoms with Crippen molar-refractivity contribution in [3.63, 3.8) is 0 Å². The van der Waals surface area contributed by atoms with Crippen LogP contribution in [0.2, 0.25) is 0 Å². The number of hydrogen-bond acceptors (Lipinski definition) is 0. The van der Waals surface area contributed by atoms with Gasteiger partial charge in [0.25, 0.3) is 0 Å². The standard InChI is InChI=1S/C30H29N2/c1-18-8-10-23-24-11-9-19(2)27-29(24)32(25(23)14-18)26-17-21(15-20-6-4-5-7-20)16-22-12-13-31(3)30(27)28(22)26/h8-14,16-17,20H,4-7,15H2,1-3H3/q+1. The van der Waals surface area contributed by atoms with Crippen LogP contribution in [0.4, 0.5) is 0 Å². The van der Waals surface area contributed by atoms with Gasteiger partial charge in [-0.25, -0.2) is 4.57 Å². The van der Waals surface area contributed by atoms with Gasteiger partial charge in [0.05, 0.1) is 27.3 Å². The molecule has 2 heteroatoms. The van der Waals surface area contributed by atoms with E-state index in [1.54, 1.807) is 0 Å². The van der Waals surface area contributed by atoms with Crippen LogP contribution in [0.1, 0.15) is 42.4 Å². The number of hydrogen-bond donors (Lipinski definition) is 0. The summed E-state index contributed by atoms with van der Waals surface area (Å²) in [6, 6.07) is 18.9. The Kier molecular flexibility index (Phi) is 3.72. The zero-order valence-electron chi connectivity index (χ0n) is 19.2. The van der Waals surface area contributed by atoms with E-state index in [9.17, 15) is 0 Å². The van der Waals surface area contributed by atoms with Crippen molar-refractivity contribution in [3.8, 4) is 0 Å². The minimum absolute atomic E-state index is 0.848. The van der Waals surface area contributed by atoms with Crippen molar-refractivity contribution in [2.75, 3.05) is 0 Å². The molecule has 1 saturated carbocycles. The van der Waals surface area contributed by atoms with Gasteiger partial charge < -0.3 is 4.40 Å². The molecule has 3 aromatic heterocycles. The zero-order chi connectivity index (χ0) is 21.6. The van der Waals surface area contributed by atoms with Gasteiger partial charge in [-0.1, -0.05) is 56.0 Å². The number of aryl methyl sites for hydroxylation is 3. The first-order chi connectivity index (χ1) is 15.6. The molecule has 0 bridgehead atoms. The number of pyridine rings is 2. The number of fused-ring (bicyclic) bond motifs is 5. The molecule has 1 aliphatic rings. The van der Waals surface area contributed by atoms with Gasteiger partial charge in [0.2, 0.25) is 5.52 Å². The average molecular weight is 418 g/mol. The lowest BCUT2D eigenvalue weighted by Crippen LogP contribution is -2.29. The molecule has 1 fully saturated rings. The second kappa shape index (κ2) is 6.45. The molecule has 0 spiro atoms. The molecule has 7 rings (SSSR count). The summed E-state index contributed by atoms with van der Waals surface area (Å²) in [6.45, 7) is 4.47. The molecule has 0 N–H and O–H groups in total. The van der Waals surface area contributed by atoms with E-state index in [2.05, 4.69) is 84.6 Å². The molecule has 0 unspecified atom stereocenters. The third-order valence-corrected chi connectivity index (χ3v) is 8.05. The summed E-state index contributed by atoms with van der Waals surface area (Å²) in [5.41, 5.74) is 9.60. The quantitative estimate of drug-likeness (QED) is 0.160. The maximum atomic E-state index is 2.58. The lowest BCUT2D eigenvalue weighted by Gasteiger charge is -2.15. The van der Waals surface area contributed by atoms with E-state index < -0.39 is 0 Å². The highest BCUT2D eigenvalue weighted by Gasteiger charge is 2.25. The zero-order valence-corrected chi connectivity index (χ0v) is 19.2. The predicted octanol–water partition coefficient (Wildman–Crippen LogP) is 7.16. The molecule has 0 atom stereocenters. The highest BCUT2D eigenvalue weighted by molar-refractivity contribution is 6.25. The van der Waals surface area contributed by atoms with Gasteiger partial charge in [-0.05, 0) is 60.4 Å². The highest BCUT2D eigenvalue weighted by Crippen LogP contribution is 2.41. The van der Waals surface area contributed by atoms with Gasteiger partial charge >= 0.3 is 0 Å². The summed E-state index contributed by atoms with van der Waals surface area (Å²) < 4.78 is 4.91. The van der Waals surface area contributed by atoms with E-state index in [-0.39, 0.29) is 0 Å². The fraction of sp³-hybridized carbons (Fsp3) is 0.300. The van der Waals surface area contributed by atoms with Crippen LogP contribution in [0.3, 0.4) is 0 Å². The molecule has 3 aromatic carbocycles. The van der Waals surface area contributed by atoms with Gasteiger partial charge in [-0.2, -0.15) is 0 Å². The Morgan fingerprint density at radius 2 is 1.69 bits per heavy atom. The molecule has 0 radical (unpaired) electrons. The monoisotopic (exact) mass is 417 g/mol. The van der Waals surface area contributed by atoms with E-state index in [1.165, 1.54) is 97.8 Å². The lowest BCUT2D eigenvalue weighted by atomic mass is 9.94. The molecule has 0 amide bonds. The number of benzene rings is 3. The van der Waals surface area contributed by atoms with Crippen LogP contribution >= 0.6 is 0 Å².